The number of aromatic nitrogens is 2. The van der Waals surface area contributed by atoms with Crippen LogP contribution in [0.25, 0.3) is 10.8 Å². The molecule has 4 heteroatoms. The predicted molar refractivity (Wildman–Crippen MR) is 77.8 cm³/mol. The van der Waals surface area contributed by atoms with Crippen LogP contribution in [-0.4, -0.2) is 21.8 Å². The highest BCUT2D eigenvalue weighted by Gasteiger charge is 2.18. The number of aliphatic hydroxyl groups is 1. The fourth-order valence-corrected chi connectivity index (χ4v) is 2.49. The smallest absolute Gasteiger partial charge is 0.142 e. The van der Waals surface area contributed by atoms with Gasteiger partial charge in [0, 0.05) is 24.8 Å². The Kier molecular flexibility index (Phi) is 3.16. The van der Waals surface area contributed by atoms with Crippen molar-refractivity contribution in [2.45, 2.75) is 6.10 Å². The van der Waals surface area contributed by atoms with Crippen LogP contribution >= 0.6 is 0 Å². The zero-order chi connectivity index (χ0) is 14.1. The zero-order valence-electron chi connectivity index (χ0n) is 11.4. The molecule has 0 spiro atoms. The van der Waals surface area contributed by atoms with Crippen LogP contribution in [0, 0.1) is 0 Å². The topological polar surface area (TPSA) is 47.3 Å². The number of aliphatic hydroxyl groups excluding tert-OH is 1. The van der Waals surface area contributed by atoms with Gasteiger partial charge >= 0.3 is 0 Å². The number of methoxy groups -OCH3 is 1. The molecule has 4 nitrogen and oxygen atoms in total. The molecule has 1 atom stereocenters. The van der Waals surface area contributed by atoms with Crippen molar-refractivity contribution >= 4 is 10.8 Å². The average Bonchev–Trinajstić information content (AvgIpc) is 2.91. The molecular formula is C16H16N2O2. The Bertz CT molecular complexity index is 749. The normalized spacial score (nSPS) is 12.6. The quantitative estimate of drug-likeness (QED) is 0.794. The van der Waals surface area contributed by atoms with Crippen LogP contribution in [0.3, 0.4) is 0 Å². The second kappa shape index (κ2) is 4.98. The maximum atomic E-state index is 10.6. The van der Waals surface area contributed by atoms with E-state index in [1.807, 2.05) is 54.2 Å². The summed E-state index contributed by atoms with van der Waals surface area (Å²) < 4.78 is 7.20. The van der Waals surface area contributed by atoms with Crippen molar-refractivity contribution in [3.8, 4) is 5.75 Å². The Morgan fingerprint density at radius 2 is 1.90 bits per heavy atom. The largest absolute Gasteiger partial charge is 0.496 e. The van der Waals surface area contributed by atoms with Gasteiger partial charge in [0.2, 0.25) is 0 Å². The first kappa shape index (κ1) is 12.7. The number of nitrogens with zero attached hydrogens (tertiary/aromatic N) is 2. The van der Waals surface area contributed by atoms with Crippen LogP contribution in [0.4, 0.5) is 0 Å². The van der Waals surface area contributed by atoms with Crippen LogP contribution in [0.15, 0.2) is 48.8 Å². The number of rotatable bonds is 3. The molecule has 0 aliphatic heterocycles. The van der Waals surface area contributed by atoms with E-state index in [4.69, 9.17) is 4.74 Å². The van der Waals surface area contributed by atoms with Gasteiger partial charge in [0.15, 0.2) is 0 Å². The molecule has 1 aromatic heterocycles. The lowest BCUT2D eigenvalue weighted by atomic mass is 9.99. The number of hydrogen-bond donors (Lipinski definition) is 1. The summed E-state index contributed by atoms with van der Waals surface area (Å²) in [5.41, 5.74) is 0.829. The van der Waals surface area contributed by atoms with Crippen molar-refractivity contribution in [1.29, 1.82) is 0 Å². The number of ether oxygens (including phenoxy) is 1. The van der Waals surface area contributed by atoms with E-state index < -0.39 is 6.10 Å². The molecule has 20 heavy (non-hydrogen) atoms. The monoisotopic (exact) mass is 268 g/mol. The minimum Gasteiger partial charge on any atom is -0.496 e. The molecular weight excluding hydrogens is 252 g/mol. The Labute approximate surface area is 117 Å². The Morgan fingerprint density at radius 1 is 1.15 bits per heavy atom. The molecule has 0 aliphatic rings. The van der Waals surface area contributed by atoms with Gasteiger partial charge in [-0.2, -0.15) is 0 Å². The maximum absolute atomic E-state index is 10.6. The molecule has 0 radical (unpaired) electrons. The third-order valence-corrected chi connectivity index (χ3v) is 3.54. The van der Waals surface area contributed by atoms with Gasteiger partial charge < -0.3 is 14.4 Å². The van der Waals surface area contributed by atoms with Gasteiger partial charge in [0.1, 0.15) is 17.7 Å². The Balaban J connectivity index is 2.20. The van der Waals surface area contributed by atoms with Gasteiger partial charge in [0.25, 0.3) is 0 Å². The van der Waals surface area contributed by atoms with E-state index in [0.717, 1.165) is 22.1 Å². The fraction of sp³-hybridized carbons (Fsp3) is 0.188. The molecule has 0 saturated heterocycles. The molecule has 0 amide bonds. The molecule has 1 unspecified atom stereocenters. The molecule has 0 bridgehead atoms. The van der Waals surface area contributed by atoms with E-state index in [2.05, 4.69) is 4.98 Å². The number of hydrogen-bond acceptors (Lipinski definition) is 3. The molecule has 1 N–H and O–H groups in total. The van der Waals surface area contributed by atoms with Crippen LogP contribution < -0.4 is 4.74 Å². The molecule has 0 saturated carbocycles. The molecule has 102 valence electrons. The lowest BCUT2D eigenvalue weighted by Crippen LogP contribution is -2.07. The minimum atomic E-state index is -0.759. The first-order valence-corrected chi connectivity index (χ1v) is 6.43. The van der Waals surface area contributed by atoms with Crippen LogP contribution in [0.1, 0.15) is 17.5 Å². The summed E-state index contributed by atoms with van der Waals surface area (Å²) in [6.07, 6.45) is 2.75. The molecule has 3 rings (SSSR count). The maximum Gasteiger partial charge on any atom is 0.142 e. The van der Waals surface area contributed by atoms with Crippen molar-refractivity contribution in [3.63, 3.8) is 0 Å². The summed E-state index contributed by atoms with van der Waals surface area (Å²) in [4.78, 5) is 4.22. The summed E-state index contributed by atoms with van der Waals surface area (Å²) in [7, 11) is 3.52. The minimum absolute atomic E-state index is 0.625. The highest BCUT2D eigenvalue weighted by atomic mass is 16.5. The summed E-state index contributed by atoms with van der Waals surface area (Å²) >= 11 is 0. The van der Waals surface area contributed by atoms with Gasteiger partial charge in [-0.3, -0.25) is 0 Å². The SMILES string of the molecule is COc1ccc(C(O)c2nccn2C)c2ccccc12. The summed E-state index contributed by atoms with van der Waals surface area (Å²) in [5.74, 6) is 1.43. The molecule has 0 fully saturated rings. The molecule has 2 aromatic carbocycles. The molecule has 0 aliphatic carbocycles. The van der Waals surface area contributed by atoms with Crippen molar-refractivity contribution in [3.05, 3.63) is 60.2 Å². The van der Waals surface area contributed by atoms with Crippen LogP contribution in [0.2, 0.25) is 0 Å². The standard InChI is InChI=1S/C16H16N2O2/c1-18-10-9-17-16(18)15(19)13-7-8-14(20-2)12-6-4-3-5-11(12)13/h3-10,15,19H,1-2H3. The summed E-state index contributed by atoms with van der Waals surface area (Å²) in [6, 6.07) is 11.7. The van der Waals surface area contributed by atoms with E-state index in [9.17, 15) is 5.11 Å². The third-order valence-electron chi connectivity index (χ3n) is 3.54. The van der Waals surface area contributed by atoms with E-state index in [1.165, 1.54) is 0 Å². The van der Waals surface area contributed by atoms with Crippen molar-refractivity contribution in [1.82, 2.24) is 9.55 Å². The average molecular weight is 268 g/mol. The van der Waals surface area contributed by atoms with Gasteiger partial charge in [-0.05, 0) is 17.0 Å². The second-order valence-corrected chi connectivity index (χ2v) is 4.70. The highest BCUT2D eigenvalue weighted by Crippen LogP contribution is 2.33. The van der Waals surface area contributed by atoms with Gasteiger partial charge in [-0.1, -0.05) is 30.3 Å². The first-order valence-electron chi connectivity index (χ1n) is 6.43. The number of benzene rings is 2. The molecule has 1 heterocycles. The zero-order valence-corrected chi connectivity index (χ0v) is 11.4. The van der Waals surface area contributed by atoms with Crippen LogP contribution in [0.5, 0.6) is 5.75 Å². The number of imidazole rings is 1. The van der Waals surface area contributed by atoms with Crippen LogP contribution in [-0.2, 0) is 7.05 Å². The Hall–Kier alpha value is -2.33. The van der Waals surface area contributed by atoms with E-state index in [1.54, 1.807) is 13.3 Å². The van der Waals surface area contributed by atoms with E-state index in [0.29, 0.717) is 5.82 Å². The Morgan fingerprint density at radius 3 is 2.55 bits per heavy atom. The van der Waals surface area contributed by atoms with Gasteiger partial charge in [0.05, 0.1) is 7.11 Å². The van der Waals surface area contributed by atoms with Gasteiger partial charge in [-0.15, -0.1) is 0 Å². The van der Waals surface area contributed by atoms with Crippen molar-refractivity contribution < 1.29 is 9.84 Å². The molecule has 3 aromatic rings. The second-order valence-electron chi connectivity index (χ2n) is 4.70. The summed E-state index contributed by atoms with van der Waals surface area (Å²) in [5, 5.41) is 12.6. The van der Waals surface area contributed by atoms with Crippen molar-refractivity contribution in [2.75, 3.05) is 7.11 Å². The summed E-state index contributed by atoms with van der Waals surface area (Å²) in [6.45, 7) is 0. The lowest BCUT2D eigenvalue weighted by molar-refractivity contribution is 0.207. The fourth-order valence-electron chi connectivity index (χ4n) is 2.49. The third kappa shape index (κ3) is 1.94. The first-order chi connectivity index (χ1) is 9.72. The highest BCUT2D eigenvalue weighted by molar-refractivity contribution is 5.91. The predicted octanol–water partition coefficient (Wildman–Crippen LogP) is 2.66. The van der Waals surface area contributed by atoms with E-state index >= 15 is 0 Å². The van der Waals surface area contributed by atoms with Crippen molar-refractivity contribution in [2.24, 2.45) is 7.05 Å². The number of aryl methyl sites for hydroxylation is 1. The lowest BCUT2D eigenvalue weighted by Gasteiger charge is -2.15. The number of fused-ring (bicyclic) bond motifs is 1. The van der Waals surface area contributed by atoms with Gasteiger partial charge in [-0.25, -0.2) is 4.98 Å². The van der Waals surface area contributed by atoms with E-state index in [-0.39, 0.29) is 0 Å².